The first-order chi connectivity index (χ1) is 20.2. The Morgan fingerprint density at radius 1 is 1.10 bits per heavy atom. The van der Waals surface area contributed by atoms with Crippen molar-refractivity contribution in [3.63, 3.8) is 0 Å². The monoisotopic (exact) mass is 612 g/mol. The fourth-order valence-electron chi connectivity index (χ4n) is 5.23. The molecule has 0 radical (unpaired) electrons. The summed E-state index contributed by atoms with van der Waals surface area (Å²) in [7, 11) is 0. The summed E-state index contributed by atoms with van der Waals surface area (Å²) < 4.78 is 19.5. The van der Waals surface area contributed by atoms with Crippen LogP contribution in [-0.2, 0) is 17.8 Å². The molecular formula is C30H30Cl2N4O6. The topological polar surface area (TPSA) is 110 Å². The number of rotatable bonds is 9. The summed E-state index contributed by atoms with van der Waals surface area (Å²) >= 11 is 12.2. The number of benzene rings is 2. The van der Waals surface area contributed by atoms with Gasteiger partial charge in [-0.15, -0.1) is 0 Å². The van der Waals surface area contributed by atoms with Gasteiger partial charge in [0.15, 0.2) is 11.9 Å². The molecule has 0 aliphatic carbocycles. The largest absolute Gasteiger partial charge is 0.481 e. The highest BCUT2D eigenvalue weighted by atomic mass is 35.5. The summed E-state index contributed by atoms with van der Waals surface area (Å²) in [4.78, 5) is 33.7. The van der Waals surface area contributed by atoms with E-state index in [1.165, 1.54) is 0 Å². The second kappa shape index (κ2) is 12.0. The van der Waals surface area contributed by atoms with Gasteiger partial charge in [0, 0.05) is 37.8 Å². The molecule has 0 bridgehead atoms. The van der Waals surface area contributed by atoms with Crippen LogP contribution >= 0.6 is 23.2 Å². The first kappa shape index (κ1) is 28.5. The van der Waals surface area contributed by atoms with Gasteiger partial charge >= 0.3 is 5.97 Å². The van der Waals surface area contributed by atoms with Crippen LogP contribution in [0.15, 0.2) is 52.9 Å². The summed E-state index contributed by atoms with van der Waals surface area (Å²) in [6.45, 7) is 6.17. The molecule has 12 heteroatoms. The van der Waals surface area contributed by atoms with Gasteiger partial charge in [-0.1, -0.05) is 23.2 Å². The van der Waals surface area contributed by atoms with Crippen LogP contribution in [0, 0.1) is 0 Å². The molecule has 2 fully saturated rings. The molecule has 2 aromatic heterocycles. The Hall–Kier alpha value is -3.57. The molecule has 6 rings (SSSR count). The highest BCUT2D eigenvalue weighted by Gasteiger charge is 2.28. The van der Waals surface area contributed by atoms with E-state index in [1.54, 1.807) is 53.4 Å². The molecule has 4 heterocycles. The van der Waals surface area contributed by atoms with Crippen molar-refractivity contribution in [3.8, 4) is 5.75 Å². The van der Waals surface area contributed by atoms with E-state index in [-0.39, 0.29) is 23.3 Å². The number of aromatic nitrogens is 2. The standard InChI is InChI=1S/C30H30Cl2N4O6/c1-18(41-26-5-3-20(31)15-22(26)32)25-6-7-27(42-25)29(37)35-11-9-34(10-12-35)17-28-33-23-4-2-19(30(38)39)14-24(23)36(28)16-21-8-13-40-21/h2-7,14-15,18,21H,8-13,16-17H2,1H3,(H,38,39)/t18-,21-/m0/s1. The number of nitrogens with zero attached hydrogens (tertiary/aromatic N) is 4. The number of carbonyl (C=O) groups excluding carboxylic acids is 1. The predicted octanol–water partition coefficient (Wildman–Crippen LogP) is 5.52. The quantitative estimate of drug-likeness (QED) is 0.263. The zero-order valence-electron chi connectivity index (χ0n) is 23.0. The Bertz CT molecular complexity index is 1620. The number of fused-ring (bicyclic) bond motifs is 1. The summed E-state index contributed by atoms with van der Waals surface area (Å²) in [6.07, 6.45) is 0.601. The lowest BCUT2D eigenvalue weighted by Crippen LogP contribution is -2.48. The molecule has 1 N–H and O–H groups in total. The molecule has 2 aromatic carbocycles. The maximum atomic E-state index is 13.2. The zero-order valence-corrected chi connectivity index (χ0v) is 24.5. The first-order valence-corrected chi connectivity index (χ1v) is 14.6. The molecule has 10 nitrogen and oxygen atoms in total. The molecule has 0 unspecified atom stereocenters. The van der Waals surface area contributed by atoms with Crippen molar-refractivity contribution >= 4 is 46.1 Å². The van der Waals surface area contributed by atoms with Gasteiger partial charge in [-0.3, -0.25) is 9.69 Å². The average Bonchev–Trinajstić information content (AvgIpc) is 3.57. The van der Waals surface area contributed by atoms with Crippen molar-refractivity contribution in [2.75, 3.05) is 32.8 Å². The molecule has 4 aromatic rings. The number of halogens is 2. The first-order valence-electron chi connectivity index (χ1n) is 13.8. The SMILES string of the molecule is C[C@H](Oc1ccc(Cl)cc1Cl)c1ccc(C(=O)N2CCN(Cc3nc4ccc(C(=O)O)cc4n3C[C@@H]3CCO3)CC2)o1. The third-order valence-electron chi connectivity index (χ3n) is 7.71. The molecule has 2 atom stereocenters. The number of hydrogen-bond donors (Lipinski definition) is 1. The van der Waals surface area contributed by atoms with Crippen molar-refractivity contribution in [1.29, 1.82) is 0 Å². The van der Waals surface area contributed by atoms with E-state index < -0.39 is 12.1 Å². The number of ether oxygens (including phenoxy) is 2. The third kappa shape index (κ3) is 5.98. The van der Waals surface area contributed by atoms with Crippen molar-refractivity contribution < 1.29 is 28.6 Å². The van der Waals surface area contributed by atoms with Crippen LogP contribution in [0.5, 0.6) is 5.75 Å². The number of piperazine rings is 1. The fraction of sp³-hybridized carbons (Fsp3) is 0.367. The summed E-state index contributed by atoms with van der Waals surface area (Å²) in [5.74, 6) is 0.964. The lowest BCUT2D eigenvalue weighted by molar-refractivity contribution is -0.0592. The lowest BCUT2D eigenvalue weighted by atomic mass is 10.1. The van der Waals surface area contributed by atoms with Crippen LogP contribution in [0.25, 0.3) is 11.0 Å². The molecule has 2 aliphatic heterocycles. The number of carbonyl (C=O) groups is 2. The molecule has 2 aliphatic rings. The van der Waals surface area contributed by atoms with Gasteiger partial charge in [0.2, 0.25) is 0 Å². The minimum Gasteiger partial charge on any atom is -0.481 e. The molecule has 2 saturated heterocycles. The summed E-state index contributed by atoms with van der Waals surface area (Å²) in [6, 6.07) is 13.4. The van der Waals surface area contributed by atoms with E-state index >= 15 is 0 Å². The predicted molar refractivity (Wildman–Crippen MR) is 156 cm³/mol. The van der Waals surface area contributed by atoms with Crippen molar-refractivity contribution in [2.45, 2.75) is 38.6 Å². The van der Waals surface area contributed by atoms with E-state index in [0.717, 1.165) is 29.9 Å². The lowest BCUT2D eigenvalue weighted by Gasteiger charge is -2.34. The Morgan fingerprint density at radius 2 is 1.88 bits per heavy atom. The maximum absolute atomic E-state index is 13.2. The van der Waals surface area contributed by atoms with Crippen LogP contribution in [-0.4, -0.2) is 75.2 Å². The highest BCUT2D eigenvalue weighted by molar-refractivity contribution is 6.35. The Morgan fingerprint density at radius 3 is 2.57 bits per heavy atom. The van der Waals surface area contributed by atoms with E-state index in [2.05, 4.69) is 9.47 Å². The Kier molecular flexibility index (Phi) is 8.13. The molecule has 0 spiro atoms. The minimum atomic E-state index is -0.969. The summed E-state index contributed by atoms with van der Waals surface area (Å²) in [5.41, 5.74) is 1.78. The van der Waals surface area contributed by atoms with Crippen molar-refractivity contribution in [3.05, 3.63) is 81.5 Å². The van der Waals surface area contributed by atoms with Crippen LogP contribution < -0.4 is 4.74 Å². The Labute approximate surface area is 252 Å². The molecule has 0 saturated carbocycles. The molecular weight excluding hydrogens is 583 g/mol. The minimum absolute atomic E-state index is 0.0959. The van der Waals surface area contributed by atoms with Gasteiger partial charge in [-0.05, 0) is 61.9 Å². The second-order valence-electron chi connectivity index (χ2n) is 10.5. The number of carboxylic acids is 1. The number of aromatic carboxylic acids is 1. The van der Waals surface area contributed by atoms with Gasteiger partial charge in [-0.2, -0.15) is 0 Å². The van der Waals surface area contributed by atoms with E-state index in [9.17, 15) is 14.7 Å². The van der Waals surface area contributed by atoms with Crippen LogP contribution in [0.4, 0.5) is 0 Å². The molecule has 220 valence electrons. The number of amides is 1. The van der Waals surface area contributed by atoms with E-state index in [4.69, 9.17) is 42.1 Å². The highest BCUT2D eigenvalue weighted by Crippen LogP contribution is 2.32. The number of imidazole rings is 1. The Balaban J connectivity index is 1.09. The average molecular weight is 613 g/mol. The number of hydrogen-bond acceptors (Lipinski definition) is 7. The number of carboxylic acid groups (broad SMARTS) is 1. The summed E-state index contributed by atoms with van der Waals surface area (Å²) in [5, 5.41) is 10.4. The maximum Gasteiger partial charge on any atom is 0.335 e. The third-order valence-corrected chi connectivity index (χ3v) is 8.24. The molecule has 42 heavy (non-hydrogen) atoms. The van der Waals surface area contributed by atoms with Gasteiger partial charge in [0.05, 0.1) is 40.8 Å². The number of furan rings is 1. The van der Waals surface area contributed by atoms with E-state index in [0.29, 0.717) is 60.8 Å². The van der Waals surface area contributed by atoms with Crippen LogP contribution in [0.2, 0.25) is 10.0 Å². The normalized spacial score (nSPS) is 18.2. The van der Waals surface area contributed by atoms with E-state index in [1.807, 2.05) is 6.92 Å². The van der Waals surface area contributed by atoms with Gasteiger partial charge in [0.25, 0.3) is 5.91 Å². The fourth-order valence-corrected chi connectivity index (χ4v) is 5.69. The van der Waals surface area contributed by atoms with Crippen LogP contribution in [0.1, 0.15) is 51.9 Å². The smallest absolute Gasteiger partial charge is 0.335 e. The molecule has 1 amide bonds. The second-order valence-corrected chi connectivity index (χ2v) is 11.4. The van der Waals surface area contributed by atoms with Crippen molar-refractivity contribution in [2.24, 2.45) is 0 Å². The van der Waals surface area contributed by atoms with Gasteiger partial charge < -0.3 is 28.5 Å². The van der Waals surface area contributed by atoms with Gasteiger partial charge in [0.1, 0.15) is 17.3 Å². The van der Waals surface area contributed by atoms with Gasteiger partial charge in [-0.25, -0.2) is 9.78 Å². The van der Waals surface area contributed by atoms with Crippen LogP contribution in [0.3, 0.4) is 0 Å². The van der Waals surface area contributed by atoms with Crippen molar-refractivity contribution in [1.82, 2.24) is 19.4 Å². The zero-order chi connectivity index (χ0) is 29.4.